The molecule has 0 aromatic heterocycles. The van der Waals surface area contributed by atoms with Crippen molar-refractivity contribution >= 4 is 5.97 Å². The van der Waals surface area contributed by atoms with Gasteiger partial charge in [0.25, 0.3) is 0 Å². The summed E-state index contributed by atoms with van der Waals surface area (Å²) in [5, 5.41) is 12.5. The Hall–Kier alpha value is -1.35. The third-order valence-electron chi connectivity index (χ3n) is 3.57. The number of rotatable bonds is 4. The van der Waals surface area contributed by atoms with Crippen LogP contribution < -0.4 is 5.32 Å². The average molecular weight is 233 g/mol. The van der Waals surface area contributed by atoms with E-state index in [2.05, 4.69) is 30.4 Å². The summed E-state index contributed by atoms with van der Waals surface area (Å²) in [6.45, 7) is 4.87. The largest absolute Gasteiger partial charge is 0.481 e. The Morgan fingerprint density at radius 1 is 1.53 bits per heavy atom. The smallest absolute Gasteiger partial charge is 0.305 e. The molecule has 0 saturated carbocycles. The van der Waals surface area contributed by atoms with Gasteiger partial charge in [-0.25, -0.2) is 0 Å². The summed E-state index contributed by atoms with van der Waals surface area (Å²) in [6.07, 6.45) is 2.01. The molecule has 0 amide bonds. The Bertz CT molecular complexity index is 438. The highest BCUT2D eigenvalue weighted by Gasteiger charge is 2.39. The Morgan fingerprint density at radius 3 is 2.94 bits per heavy atom. The van der Waals surface area contributed by atoms with Crippen LogP contribution in [0, 0.1) is 6.92 Å². The number of aryl methyl sites for hydroxylation is 2. The molecule has 17 heavy (non-hydrogen) atoms. The lowest BCUT2D eigenvalue weighted by Gasteiger charge is -2.30. The summed E-state index contributed by atoms with van der Waals surface area (Å²) < 4.78 is 0. The predicted octanol–water partition coefficient (Wildman–Crippen LogP) is 2.22. The third kappa shape index (κ3) is 2.20. The fourth-order valence-corrected chi connectivity index (χ4v) is 2.86. The lowest BCUT2D eigenvalue weighted by Crippen LogP contribution is -2.42. The lowest BCUT2D eigenvalue weighted by molar-refractivity contribution is -0.138. The standard InChI is InChI=1S/C14H19NO2/c1-3-15-14(9-13(16)17)7-6-11-5-4-10(2)8-12(11)14/h4-5,8,15H,3,6-7,9H2,1-2H3,(H,16,17). The zero-order valence-electron chi connectivity index (χ0n) is 10.4. The van der Waals surface area contributed by atoms with Crippen LogP contribution in [-0.4, -0.2) is 17.6 Å². The van der Waals surface area contributed by atoms with Gasteiger partial charge in [-0.2, -0.15) is 0 Å². The van der Waals surface area contributed by atoms with Crippen molar-refractivity contribution in [3.05, 3.63) is 34.9 Å². The van der Waals surface area contributed by atoms with E-state index in [9.17, 15) is 4.79 Å². The number of carboxylic acid groups (broad SMARTS) is 1. The van der Waals surface area contributed by atoms with Crippen LogP contribution in [0.3, 0.4) is 0 Å². The van der Waals surface area contributed by atoms with E-state index in [0.29, 0.717) is 0 Å². The first kappa shape index (κ1) is 12.1. The second-order valence-electron chi connectivity index (χ2n) is 4.84. The highest BCUT2D eigenvalue weighted by Crippen LogP contribution is 2.39. The van der Waals surface area contributed by atoms with Crippen molar-refractivity contribution in [3.8, 4) is 0 Å². The van der Waals surface area contributed by atoms with Gasteiger partial charge in [-0.05, 0) is 37.4 Å². The Balaban J connectivity index is 2.43. The highest BCUT2D eigenvalue weighted by molar-refractivity contribution is 5.69. The number of nitrogens with one attached hydrogen (secondary N) is 1. The van der Waals surface area contributed by atoms with Crippen molar-refractivity contribution in [2.45, 2.75) is 38.6 Å². The molecular weight excluding hydrogens is 214 g/mol. The second kappa shape index (κ2) is 4.49. The number of hydrogen-bond donors (Lipinski definition) is 2. The molecule has 0 radical (unpaired) electrons. The van der Waals surface area contributed by atoms with Gasteiger partial charge in [0.05, 0.1) is 12.0 Å². The van der Waals surface area contributed by atoms with Gasteiger partial charge in [0.15, 0.2) is 0 Å². The lowest BCUT2D eigenvalue weighted by atomic mass is 9.87. The van der Waals surface area contributed by atoms with Gasteiger partial charge in [-0.1, -0.05) is 30.7 Å². The van der Waals surface area contributed by atoms with Gasteiger partial charge in [-0.3, -0.25) is 4.79 Å². The SMILES string of the molecule is CCNC1(CC(=O)O)CCc2ccc(C)cc21. The van der Waals surface area contributed by atoms with Gasteiger partial charge < -0.3 is 10.4 Å². The Kier molecular flexibility index (Phi) is 3.20. The molecule has 3 heteroatoms. The molecule has 92 valence electrons. The third-order valence-corrected chi connectivity index (χ3v) is 3.57. The van der Waals surface area contributed by atoms with Crippen molar-refractivity contribution in [2.24, 2.45) is 0 Å². The van der Waals surface area contributed by atoms with E-state index >= 15 is 0 Å². The van der Waals surface area contributed by atoms with E-state index in [1.807, 2.05) is 6.92 Å². The molecule has 0 bridgehead atoms. The molecule has 1 atom stereocenters. The number of fused-ring (bicyclic) bond motifs is 1. The van der Waals surface area contributed by atoms with Crippen molar-refractivity contribution < 1.29 is 9.90 Å². The number of carboxylic acids is 1. The van der Waals surface area contributed by atoms with E-state index in [4.69, 9.17) is 5.11 Å². The molecule has 1 aromatic rings. The van der Waals surface area contributed by atoms with E-state index < -0.39 is 5.97 Å². The maximum atomic E-state index is 11.1. The fraction of sp³-hybridized carbons (Fsp3) is 0.500. The Labute approximate surface area is 102 Å². The van der Waals surface area contributed by atoms with E-state index in [1.165, 1.54) is 16.7 Å². The van der Waals surface area contributed by atoms with Crippen molar-refractivity contribution in [2.75, 3.05) is 6.54 Å². The number of carbonyl (C=O) groups is 1. The van der Waals surface area contributed by atoms with Crippen molar-refractivity contribution in [1.29, 1.82) is 0 Å². The quantitative estimate of drug-likeness (QED) is 0.838. The summed E-state index contributed by atoms with van der Waals surface area (Å²) >= 11 is 0. The van der Waals surface area contributed by atoms with E-state index in [1.54, 1.807) is 0 Å². The minimum Gasteiger partial charge on any atom is -0.481 e. The molecule has 0 fully saturated rings. The maximum absolute atomic E-state index is 11.1. The van der Waals surface area contributed by atoms with Crippen molar-refractivity contribution in [3.63, 3.8) is 0 Å². The summed E-state index contributed by atoms with van der Waals surface area (Å²) in [7, 11) is 0. The summed E-state index contributed by atoms with van der Waals surface area (Å²) in [4.78, 5) is 11.1. The zero-order chi connectivity index (χ0) is 12.5. The first-order valence-electron chi connectivity index (χ1n) is 6.14. The van der Waals surface area contributed by atoms with Crippen LogP contribution in [0.15, 0.2) is 18.2 Å². The van der Waals surface area contributed by atoms with Gasteiger partial charge in [0.2, 0.25) is 0 Å². The monoisotopic (exact) mass is 233 g/mol. The summed E-state index contributed by atoms with van der Waals surface area (Å²) in [5.41, 5.74) is 3.31. The molecule has 1 unspecified atom stereocenters. The molecule has 1 aliphatic carbocycles. The normalized spacial score (nSPS) is 22.5. The molecule has 2 N–H and O–H groups in total. The predicted molar refractivity (Wildman–Crippen MR) is 67.1 cm³/mol. The molecule has 2 rings (SSSR count). The van der Waals surface area contributed by atoms with Gasteiger partial charge in [-0.15, -0.1) is 0 Å². The van der Waals surface area contributed by atoms with Crippen LogP contribution in [0.25, 0.3) is 0 Å². The molecule has 0 saturated heterocycles. The molecule has 1 aromatic carbocycles. The summed E-state index contributed by atoms with van der Waals surface area (Å²) in [5.74, 6) is -0.736. The number of hydrogen-bond acceptors (Lipinski definition) is 2. The van der Waals surface area contributed by atoms with Gasteiger partial charge in [0, 0.05) is 0 Å². The highest BCUT2D eigenvalue weighted by atomic mass is 16.4. The molecule has 0 aliphatic heterocycles. The second-order valence-corrected chi connectivity index (χ2v) is 4.84. The van der Waals surface area contributed by atoms with Crippen LogP contribution in [0.5, 0.6) is 0 Å². The van der Waals surface area contributed by atoms with Crippen LogP contribution in [0.1, 0.15) is 36.5 Å². The molecular formula is C14H19NO2. The van der Waals surface area contributed by atoms with Crippen LogP contribution in [-0.2, 0) is 16.8 Å². The van der Waals surface area contributed by atoms with Gasteiger partial charge >= 0.3 is 5.97 Å². The number of aliphatic carboxylic acids is 1. The maximum Gasteiger partial charge on any atom is 0.305 e. The van der Waals surface area contributed by atoms with Crippen LogP contribution in [0.2, 0.25) is 0 Å². The minimum atomic E-state index is -0.736. The van der Waals surface area contributed by atoms with Crippen LogP contribution in [0.4, 0.5) is 0 Å². The van der Waals surface area contributed by atoms with E-state index in [-0.39, 0.29) is 12.0 Å². The molecule has 1 aliphatic rings. The van der Waals surface area contributed by atoms with E-state index in [0.717, 1.165) is 19.4 Å². The topological polar surface area (TPSA) is 49.3 Å². The molecule has 0 heterocycles. The minimum absolute atomic E-state index is 0.164. The van der Waals surface area contributed by atoms with Crippen molar-refractivity contribution in [1.82, 2.24) is 5.32 Å². The molecule has 0 spiro atoms. The first-order chi connectivity index (χ1) is 8.07. The van der Waals surface area contributed by atoms with Crippen LogP contribution >= 0.6 is 0 Å². The summed E-state index contributed by atoms with van der Waals surface area (Å²) in [6, 6.07) is 6.36. The zero-order valence-corrected chi connectivity index (χ0v) is 10.4. The average Bonchev–Trinajstić information content (AvgIpc) is 2.57. The number of benzene rings is 1. The molecule has 3 nitrogen and oxygen atoms in total. The fourth-order valence-electron chi connectivity index (χ4n) is 2.86. The Morgan fingerprint density at radius 2 is 2.29 bits per heavy atom. The van der Waals surface area contributed by atoms with Gasteiger partial charge in [0.1, 0.15) is 0 Å². The first-order valence-corrected chi connectivity index (χ1v) is 6.14.